The van der Waals surface area contributed by atoms with E-state index in [9.17, 15) is 13.2 Å². The van der Waals surface area contributed by atoms with Crippen molar-refractivity contribution in [3.05, 3.63) is 0 Å². The molecule has 1 saturated heterocycles. The molecule has 0 saturated carbocycles. The molecule has 0 aromatic heterocycles. The van der Waals surface area contributed by atoms with E-state index >= 15 is 0 Å². The van der Waals surface area contributed by atoms with Gasteiger partial charge in [0.05, 0.1) is 19.4 Å². The van der Waals surface area contributed by atoms with Gasteiger partial charge < -0.3 is 4.74 Å². The number of carbonyl (C=O) groups is 1. The van der Waals surface area contributed by atoms with E-state index in [-0.39, 0.29) is 18.3 Å². The van der Waals surface area contributed by atoms with Crippen molar-refractivity contribution >= 4 is 16.0 Å². The Balaban J connectivity index is 2.51. The van der Waals surface area contributed by atoms with Crippen molar-refractivity contribution in [1.29, 1.82) is 0 Å². The van der Waals surface area contributed by atoms with Gasteiger partial charge in [-0.3, -0.25) is 9.69 Å². The molecule has 0 aromatic carbocycles. The number of esters is 1. The Bertz CT molecular complexity index is 383. The second-order valence-corrected chi connectivity index (χ2v) is 6.86. The van der Waals surface area contributed by atoms with Crippen LogP contribution in [0.2, 0.25) is 0 Å². The first-order valence-electron chi connectivity index (χ1n) is 6.76. The summed E-state index contributed by atoms with van der Waals surface area (Å²) in [6.07, 6.45) is 2.33. The molecule has 1 rings (SSSR count). The molecule has 0 radical (unpaired) electrons. The third kappa shape index (κ3) is 5.46. The molecule has 0 atom stereocenters. The van der Waals surface area contributed by atoms with Crippen LogP contribution in [0.1, 0.15) is 26.2 Å². The zero-order chi connectivity index (χ0) is 14.3. The lowest BCUT2D eigenvalue weighted by Gasteiger charge is -2.20. The van der Waals surface area contributed by atoms with Crippen LogP contribution in [0.5, 0.6) is 0 Å². The van der Waals surface area contributed by atoms with E-state index < -0.39 is 10.0 Å². The molecule has 1 aliphatic heterocycles. The first-order valence-corrected chi connectivity index (χ1v) is 8.37. The number of rotatable bonds is 6. The summed E-state index contributed by atoms with van der Waals surface area (Å²) in [6.45, 7) is 4.54. The minimum absolute atomic E-state index is 0.223. The van der Waals surface area contributed by atoms with Gasteiger partial charge in [0.15, 0.2) is 0 Å². The van der Waals surface area contributed by atoms with Crippen LogP contribution in [0.15, 0.2) is 0 Å². The molecular weight excluding hydrogens is 268 g/mol. The Hall–Kier alpha value is -0.660. The quantitative estimate of drug-likeness (QED) is 0.659. The van der Waals surface area contributed by atoms with E-state index in [1.165, 1.54) is 7.11 Å². The smallest absolute Gasteiger partial charge is 0.319 e. The number of nitrogens with zero attached hydrogens (tertiary/aromatic N) is 2. The van der Waals surface area contributed by atoms with Gasteiger partial charge >= 0.3 is 5.97 Å². The Morgan fingerprint density at radius 1 is 1.21 bits per heavy atom. The first-order chi connectivity index (χ1) is 8.99. The highest BCUT2D eigenvalue weighted by Crippen LogP contribution is 2.10. The minimum atomic E-state index is -3.14. The average Bonchev–Trinajstić information content (AvgIpc) is 2.62. The Kier molecular flexibility index (Phi) is 6.74. The maximum atomic E-state index is 12.1. The van der Waals surface area contributed by atoms with E-state index in [1.54, 1.807) is 4.31 Å². The molecule has 6 nitrogen and oxygen atoms in total. The first kappa shape index (κ1) is 16.4. The summed E-state index contributed by atoms with van der Waals surface area (Å²) in [5.41, 5.74) is 0. The highest BCUT2D eigenvalue weighted by molar-refractivity contribution is 7.89. The average molecular weight is 292 g/mol. The number of sulfonamides is 1. The van der Waals surface area contributed by atoms with Crippen molar-refractivity contribution in [2.75, 3.05) is 45.6 Å². The number of hydrogen-bond donors (Lipinski definition) is 0. The number of hydrogen-bond acceptors (Lipinski definition) is 5. The zero-order valence-electron chi connectivity index (χ0n) is 11.8. The molecule has 1 fully saturated rings. The Morgan fingerprint density at radius 2 is 1.95 bits per heavy atom. The molecular formula is C12H24N2O4S. The van der Waals surface area contributed by atoms with Crippen LogP contribution in [0.4, 0.5) is 0 Å². The molecule has 7 heteroatoms. The fraction of sp³-hybridized carbons (Fsp3) is 0.917. The third-order valence-electron chi connectivity index (χ3n) is 3.28. The fourth-order valence-electron chi connectivity index (χ4n) is 2.09. The summed E-state index contributed by atoms with van der Waals surface area (Å²) in [5.74, 6) is -0.0529. The SMILES string of the molecule is CCCCS(=O)(=O)N1CCCN(CC(=O)OC)CC1. The van der Waals surface area contributed by atoms with Crippen LogP contribution in [0.3, 0.4) is 0 Å². The van der Waals surface area contributed by atoms with Gasteiger partial charge in [-0.15, -0.1) is 0 Å². The molecule has 0 unspecified atom stereocenters. The zero-order valence-corrected chi connectivity index (χ0v) is 12.6. The summed E-state index contributed by atoms with van der Waals surface area (Å²) in [7, 11) is -1.77. The normalized spacial score (nSPS) is 19.1. The Morgan fingerprint density at radius 3 is 2.58 bits per heavy atom. The van der Waals surface area contributed by atoms with E-state index in [0.717, 1.165) is 19.4 Å². The standard InChI is InChI=1S/C12H24N2O4S/c1-3-4-10-19(16,17)14-7-5-6-13(8-9-14)11-12(15)18-2/h3-11H2,1-2H3. The lowest BCUT2D eigenvalue weighted by molar-refractivity contribution is -0.141. The molecule has 112 valence electrons. The van der Waals surface area contributed by atoms with Gasteiger partial charge in [-0.1, -0.05) is 13.3 Å². The predicted octanol–water partition coefficient (Wildman–Crippen LogP) is 0.297. The van der Waals surface area contributed by atoms with E-state index in [2.05, 4.69) is 4.74 Å². The molecule has 0 amide bonds. The highest BCUT2D eigenvalue weighted by Gasteiger charge is 2.25. The molecule has 0 aliphatic carbocycles. The summed E-state index contributed by atoms with van der Waals surface area (Å²) >= 11 is 0. The lowest BCUT2D eigenvalue weighted by Crippen LogP contribution is -2.37. The molecule has 1 heterocycles. The second kappa shape index (κ2) is 7.81. The van der Waals surface area contributed by atoms with Crippen LogP contribution >= 0.6 is 0 Å². The largest absolute Gasteiger partial charge is 0.468 e. The molecule has 0 bridgehead atoms. The topological polar surface area (TPSA) is 66.9 Å². The summed E-state index contributed by atoms with van der Waals surface area (Å²) in [6, 6.07) is 0. The van der Waals surface area contributed by atoms with Gasteiger partial charge in [-0.2, -0.15) is 0 Å². The van der Waals surface area contributed by atoms with Gasteiger partial charge in [0.2, 0.25) is 10.0 Å². The van der Waals surface area contributed by atoms with E-state index in [1.807, 2.05) is 11.8 Å². The monoisotopic (exact) mass is 292 g/mol. The van der Waals surface area contributed by atoms with Crippen molar-refractivity contribution in [3.8, 4) is 0 Å². The molecule has 0 spiro atoms. The number of unbranched alkanes of at least 4 members (excludes halogenated alkanes) is 1. The van der Waals surface area contributed by atoms with E-state index in [4.69, 9.17) is 0 Å². The maximum Gasteiger partial charge on any atom is 0.319 e. The van der Waals surface area contributed by atoms with Crippen molar-refractivity contribution < 1.29 is 17.9 Å². The van der Waals surface area contributed by atoms with Crippen LogP contribution in [-0.2, 0) is 19.6 Å². The molecule has 1 aliphatic rings. The van der Waals surface area contributed by atoms with Crippen LogP contribution < -0.4 is 0 Å². The van der Waals surface area contributed by atoms with Crippen LogP contribution in [-0.4, -0.2) is 69.2 Å². The van der Waals surface area contributed by atoms with E-state index in [0.29, 0.717) is 26.1 Å². The highest BCUT2D eigenvalue weighted by atomic mass is 32.2. The second-order valence-electron chi connectivity index (χ2n) is 4.77. The molecule has 0 N–H and O–H groups in total. The fourth-order valence-corrected chi connectivity index (χ4v) is 3.77. The van der Waals surface area contributed by atoms with Gasteiger partial charge in [0, 0.05) is 26.2 Å². The van der Waals surface area contributed by atoms with Crippen LogP contribution in [0, 0.1) is 0 Å². The number of carbonyl (C=O) groups excluding carboxylic acids is 1. The van der Waals surface area contributed by atoms with Crippen molar-refractivity contribution in [2.45, 2.75) is 26.2 Å². The summed E-state index contributed by atoms with van der Waals surface area (Å²) in [5, 5.41) is 0. The predicted molar refractivity (Wildman–Crippen MR) is 73.3 cm³/mol. The van der Waals surface area contributed by atoms with Gasteiger partial charge in [0.25, 0.3) is 0 Å². The van der Waals surface area contributed by atoms with Crippen molar-refractivity contribution in [1.82, 2.24) is 9.21 Å². The third-order valence-corrected chi connectivity index (χ3v) is 5.23. The van der Waals surface area contributed by atoms with Crippen molar-refractivity contribution in [2.24, 2.45) is 0 Å². The maximum absolute atomic E-state index is 12.1. The molecule has 19 heavy (non-hydrogen) atoms. The molecule has 0 aromatic rings. The van der Waals surface area contributed by atoms with Gasteiger partial charge in [0.1, 0.15) is 0 Å². The van der Waals surface area contributed by atoms with Crippen molar-refractivity contribution in [3.63, 3.8) is 0 Å². The minimum Gasteiger partial charge on any atom is -0.468 e. The van der Waals surface area contributed by atoms with Gasteiger partial charge in [-0.25, -0.2) is 12.7 Å². The Labute approximate surface area is 115 Å². The summed E-state index contributed by atoms with van der Waals surface area (Å²) in [4.78, 5) is 13.2. The van der Waals surface area contributed by atoms with Gasteiger partial charge in [-0.05, 0) is 12.8 Å². The lowest BCUT2D eigenvalue weighted by atomic mass is 10.4. The summed E-state index contributed by atoms with van der Waals surface area (Å²) < 4.78 is 30.4. The number of methoxy groups -OCH3 is 1. The number of ether oxygens (including phenoxy) is 1. The van der Waals surface area contributed by atoms with Crippen LogP contribution in [0.25, 0.3) is 0 Å².